The van der Waals surface area contributed by atoms with Gasteiger partial charge in [0.2, 0.25) is 5.91 Å². The highest BCUT2D eigenvalue weighted by Gasteiger charge is 2.28. The first-order valence-corrected chi connectivity index (χ1v) is 9.79. The quantitative estimate of drug-likeness (QED) is 0.601. The van der Waals surface area contributed by atoms with Gasteiger partial charge in [0, 0.05) is 21.9 Å². The maximum absolute atomic E-state index is 12.8. The Hall–Kier alpha value is -2.18. The van der Waals surface area contributed by atoms with Gasteiger partial charge in [0.05, 0.1) is 11.0 Å². The minimum absolute atomic E-state index is 0.0627. The Labute approximate surface area is 167 Å². The van der Waals surface area contributed by atoms with Crippen LogP contribution >= 0.6 is 22.9 Å². The summed E-state index contributed by atoms with van der Waals surface area (Å²) >= 11 is 7.23. The van der Waals surface area contributed by atoms with E-state index in [-0.39, 0.29) is 24.5 Å². The average Bonchev–Trinajstić information content (AvgIpc) is 3.03. The average molecular weight is 408 g/mol. The van der Waals surface area contributed by atoms with Crippen molar-refractivity contribution < 1.29 is 19.5 Å². The van der Waals surface area contributed by atoms with E-state index in [1.807, 2.05) is 6.92 Å². The molecule has 0 atom stereocenters. The summed E-state index contributed by atoms with van der Waals surface area (Å²) in [5.41, 5.74) is -0.0593. The van der Waals surface area contributed by atoms with Gasteiger partial charge >= 0.3 is 5.97 Å². The Bertz CT molecular complexity index is 855. The fraction of sp³-hybridized carbons (Fsp3) is 0.350. The summed E-state index contributed by atoms with van der Waals surface area (Å²) < 4.78 is 0. The second-order valence-corrected chi connectivity index (χ2v) is 8.46. The molecule has 0 radical (unpaired) electrons. The molecule has 5 nitrogen and oxygen atoms in total. The summed E-state index contributed by atoms with van der Waals surface area (Å²) in [5.74, 6) is -1.44. The van der Waals surface area contributed by atoms with Crippen molar-refractivity contribution in [3.8, 4) is 0 Å². The number of hydrogen-bond donors (Lipinski definition) is 2. The number of benzene rings is 1. The van der Waals surface area contributed by atoms with Crippen LogP contribution in [0.25, 0.3) is 0 Å². The lowest BCUT2D eigenvalue weighted by Crippen LogP contribution is -2.25. The molecular weight excluding hydrogens is 386 g/mol. The predicted molar refractivity (Wildman–Crippen MR) is 108 cm³/mol. The lowest BCUT2D eigenvalue weighted by Gasteiger charge is -2.18. The molecule has 0 fully saturated rings. The predicted octanol–water partition coefficient (Wildman–Crippen LogP) is 5.02. The molecule has 0 unspecified atom stereocenters. The van der Waals surface area contributed by atoms with E-state index in [0.717, 1.165) is 11.3 Å². The Morgan fingerprint density at radius 3 is 2.37 bits per heavy atom. The summed E-state index contributed by atoms with van der Waals surface area (Å²) in [6.45, 7) is 5.14. The summed E-state index contributed by atoms with van der Waals surface area (Å²) in [6.07, 6.45) is 1.02. The van der Waals surface area contributed by atoms with Gasteiger partial charge in [-0.05, 0) is 57.0 Å². The zero-order valence-electron chi connectivity index (χ0n) is 15.5. The number of aryl methyl sites for hydroxylation is 1. The van der Waals surface area contributed by atoms with Gasteiger partial charge in [-0.25, -0.2) is 0 Å². The molecule has 1 aromatic heterocycles. The number of aliphatic carboxylic acids is 1. The van der Waals surface area contributed by atoms with E-state index in [1.165, 1.54) is 11.3 Å². The second kappa shape index (κ2) is 8.67. The van der Waals surface area contributed by atoms with Crippen LogP contribution in [-0.4, -0.2) is 22.8 Å². The maximum atomic E-state index is 12.8. The summed E-state index contributed by atoms with van der Waals surface area (Å²) in [7, 11) is 0. The standard InChI is InChI=1S/C20H22ClNO4S/c1-4-14-11-15(17(24)12-5-7-13(21)8-6-12)18(27-14)22-16(23)9-10-20(2,3)19(25)26/h5-8,11H,4,9-10H2,1-3H3,(H,22,23)(H,25,26). The maximum Gasteiger partial charge on any atom is 0.309 e. The van der Waals surface area contributed by atoms with Crippen molar-refractivity contribution in [1.82, 2.24) is 0 Å². The highest BCUT2D eigenvalue weighted by atomic mass is 35.5. The van der Waals surface area contributed by atoms with E-state index in [0.29, 0.717) is 21.2 Å². The van der Waals surface area contributed by atoms with Crippen molar-refractivity contribution >= 4 is 45.6 Å². The summed E-state index contributed by atoms with van der Waals surface area (Å²) in [6, 6.07) is 8.38. The molecule has 7 heteroatoms. The number of hydrogen-bond acceptors (Lipinski definition) is 4. The van der Waals surface area contributed by atoms with Crippen molar-refractivity contribution in [1.29, 1.82) is 0 Å². The van der Waals surface area contributed by atoms with Crippen LogP contribution in [0.5, 0.6) is 0 Å². The molecule has 144 valence electrons. The van der Waals surface area contributed by atoms with Crippen molar-refractivity contribution in [3.63, 3.8) is 0 Å². The molecule has 2 aromatic rings. The third-order valence-corrected chi connectivity index (χ3v) is 5.74. The topological polar surface area (TPSA) is 83.5 Å². The van der Waals surface area contributed by atoms with E-state index in [2.05, 4.69) is 5.32 Å². The minimum atomic E-state index is -0.983. The van der Waals surface area contributed by atoms with Crippen LogP contribution in [-0.2, 0) is 16.0 Å². The molecule has 1 aromatic carbocycles. The molecular formula is C20H22ClNO4S. The Balaban J connectivity index is 2.18. The SMILES string of the molecule is CCc1cc(C(=O)c2ccc(Cl)cc2)c(NC(=O)CCC(C)(C)C(=O)O)s1. The summed E-state index contributed by atoms with van der Waals surface area (Å²) in [4.78, 5) is 37.3. The fourth-order valence-electron chi connectivity index (χ4n) is 2.36. The van der Waals surface area contributed by atoms with Gasteiger partial charge in [-0.15, -0.1) is 11.3 Å². The van der Waals surface area contributed by atoms with Crippen LogP contribution in [0.1, 0.15) is 54.4 Å². The van der Waals surface area contributed by atoms with Gasteiger partial charge < -0.3 is 10.4 Å². The lowest BCUT2D eigenvalue weighted by molar-refractivity contribution is -0.147. The van der Waals surface area contributed by atoms with E-state index in [1.54, 1.807) is 44.2 Å². The van der Waals surface area contributed by atoms with Crippen molar-refractivity contribution in [2.24, 2.45) is 5.41 Å². The third kappa shape index (κ3) is 5.40. The zero-order valence-corrected chi connectivity index (χ0v) is 17.0. The molecule has 0 aliphatic rings. The van der Waals surface area contributed by atoms with Crippen LogP contribution in [0.2, 0.25) is 5.02 Å². The molecule has 2 N–H and O–H groups in total. The van der Waals surface area contributed by atoms with Crippen molar-refractivity contribution in [2.75, 3.05) is 5.32 Å². The second-order valence-electron chi connectivity index (χ2n) is 6.88. The molecule has 0 aliphatic heterocycles. The number of carbonyl (C=O) groups excluding carboxylic acids is 2. The molecule has 0 saturated heterocycles. The number of rotatable bonds is 8. The van der Waals surface area contributed by atoms with E-state index in [4.69, 9.17) is 16.7 Å². The first kappa shape index (κ1) is 21.1. The fourth-order valence-corrected chi connectivity index (χ4v) is 3.49. The van der Waals surface area contributed by atoms with E-state index >= 15 is 0 Å². The number of carboxylic acid groups (broad SMARTS) is 1. The molecule has 0 aliphatic carbocycles. The smallest absolute Gasteiger partial charge is 0.309 e. The molecule has 27 heavy (non-hydrogen) atoms. The highest BCUT2D eigenvalue weighted by Crippen LogP contribution is 2.31. The number of nitrogens with one attached hydrogen (secondary N) is 1. The zero-order chi connectivity index (χ0) is 20.2. The Morgan fingerprint density at radius 2 is 1.81 bits per heavy atom. The van der Waals surface area contributed by atoms with Gasteiger partial charge in [0.15, 0.2) is 5.78 Å². The first-order chi connectivity index (χ1) is 12.6. The molecule has 2 rings (SSSR count). The van der Waals surface area contributed by atoms with E-state index < -0.39 is 11.4 Å². The molecule has 1 heterocycles. The number of amides is 1. The first-order valence-electron chi connectivity index (χ1n) is 8.60. The van der Waals surface area contributed by atoms with Crippen LogP contribution < -0.4 is 5.32 Å². The number of carboxylic acids is 1. The van der Waals surface area contributed by atoms with Crippen LogP contribution in [0.15, 0.2) is 30.3 Å². The molecule has 0 spiro atoms. The van der Waals surface area contributed by atoms with Gasteiger partial charge in [0.1, 0.15) is 5.00 Å². The van der Waals surface area contributed by atoms with Crippen LogP contribution in [0, 0.1) is 5.41 Å². The normalized spacial score (nSPS) is 11.3. The molecule has 1 amide bonds. The third-order valence-electron chi connectivity index (χ3n) is 4.29. The number of carbonyl (C=O) groups is 3. The minimum Gasteiger partial charge on any atom is -0.481 e. The van der Waals surface area contributed by atoms with E-state index in [9.17, 15) is 14.4 Å². The molecule has 0 saturated carbocycles. The number of anilines is 1. The Morgan fingerprint density at radius 1 is 1.19 bits per heavy atom. The number of ketones is 1. The largest absolute Gasteiger partial charge is 0.481 e. The number of thiophene rings is 1. The van der Waals surface area contributed by atoms with Crippen molar-refractivity contribution in [2.45, 2.75) is 40.0 Å². The Kier molecular flexibility index (Phi) is 6.78. The van der Waals surface area contributed by atoms with Crippen molar-refractivity contribution in [3.05, 3.63) is 51.4 Å². The van der Waals surface area contributed by atoms with Gasteiger partial charge in [0.25, 0.3) is 0 Å². The van der Waals surface area contributed by atoms with Gasteiger partial charge in [-0.3, -0.25) is 14.4 Å². The number of halogens is 1. The lowest BCUT2D eigenvalue weighted by atomic mass is 9.88. The van der Waals surface area contributed by atoms with Gasteiger partial charge in [-0.2, -0.15) is 0 Å². The van der Waals surface area contributed by atoms with Crippen LogP contribution in [0.3, 0.4) is 0 Å². The van der Waals surface area contributed by atoms with Crippen LogP contribution in [0.4, 0.5) is 5.00 Å². The highest BCUT2D eigenvalue weighted by molar-refractivity contribution is 7.16. The molecule has 0 bridgehead atoms. The van der Waals surface area contributed by atoms with Gasteiger partial charge in [-0.1, -0.05) is 18.5 Å². The summed E-state index contributed by atoms with van der Waals surface area (Å²) in [5, 5.41) is 13.0. The monoisotopic (exact) mass is 407 g/mol.